The zero-order chi connectivity index (χ0) is 9.40. The molecule has 0 bridgehead atoms. The third-order valence-electron chi connectivity index (χ3n) is 1.41. The second kappa shape index (κ2) is 6.46. The van der Waals surface area contributed by atoms with Crippen molar-refractivity contribution in [2.75, 3.05) is 6.61 Å². The summed E-state index contributed by atoms with van der Waals surface area (Å²) in [6, 6.07) is 0. The Morgan fingerprint density at radius 3 is 2.67 bits per heavy atom. The van der Waals surface area contributed by atoms with Crippen LogP contribution in [0.5, 0.6) is 0 Å². The molecule has 0 radical (unpaired) electrons. The lowest BCUT2D eigenvalue weighted by Crippen LogP contribution is -1.99. The molecule has 3 heteroatoms. The average molecular weight is 170 g/mol. The number of ether oxygens (including phenoxy) is 1. The summed E-state index contributed by atoms with van der Waals surface area (Å²) < 4.78 is 4.86. The Balaban J connectivity index is 3.25. The van der Waals surface area contributed by atoms with Gasteiger partial charge in [-0.15, -0.1) is 0 Å². The Bertz CT molecular complexity index is 173. The number of rotatable bonds is 7. The SMILES string of the molecule is C=COCCCCC(=C)C(=O)O. The van der Waals surface area contributed by atoms with Crippen LogP contribution in [-0.2, 0) is 9.53 Å². The van der Waals surface area contributed by atoms with Gasteiger partial charge in [-0.05, 0) is 19.3 Å². The van der Waals surface area contributed by atoms with Gasteiger partial charge < -0.3 is 9.84 Å². The number of carbonyl (C=O) groups is 1. The van der Waals surface area contributed by atoms with Crippen LogP contribution in [0.25, 0.3) is 0 Å². The van der Waals surface area contributed by atoms with Crippen molar-refractivity contribution < 1.29 is 14.6 Å². The maximum absolute atomic E-state index is 10.3. The molecule has 0 amide bonds. The molecular formula is C9H14O3. The fourth-order valence-corrected chi connectivity index (χ4v) is 0.714. The topological polar surface area (TPSA) is 46.5 Å². The second-order valence-electron chi connectivity index (χ2n) is 2.40. The summed E-state index contributed by atoms with van der Waals surface area (Å²) in [5.41, 5.74) is 0.258. The monoisotopic (exact) mass is 170 g/mol. The van der Waals surface area contributed by atoms with Gasteiger partial charge in [-0.25, -0.2) is 4.79 Å². The molecule has 68 valence electrons. The first kappa shape index (κ1) is 10.8. The van der Waals surface area contributed by atoms with Crippen molar-refractivity contribution in [3.8, 4) is 0 Å². The molecule has 0 aromatic rings. The number of hydrogen-bond acceptors (Lipinski definition) is 2. The maximum Gasteiger partial charge on any atom is 0.330 e. The number of carboxylic acid groups (broad SMARTS) is 1. The Hall–Kier alpha value is -1.25. The van der Waals surface area contributed by atoms with E-state index in [0.717, 1.165) is 12.8 Å². The largest absolute Gasteiger partial charge is 0.502 e. The molecule has 0 fully saturated rings. The Labute approximate surface area is 72.3 Å². The number of unbranched alkanes of at least 4 members (excludes halogenated alkanes) is 1. The highest BCUT2D eigenvalue weighted by atomic mass is 16.5. The summed E-state index contributed by atoms with van der Waals surface area (Å²) in [6.07, 6.45) is 3.53. The van der Waals surface area contributed by atoms with Crippen LogP contribution in [0.2, 0.25) is 0 Å². The van der Waals surface area contributed by atoms with E-state index in [1.165, 1.54) is 6.26 Å². The number of hydrogen-bond donors (Lipinski definition) is 1. The summed E-state index contributed by atoms with van der Waals surface area (Å²) in [7, 11) is 0. The van der Waals surface area contributed by atoms with Crippen molar-refractivity contribution in [3.63, 3.8) is 0 Å². The minimum Gasteiger partial charge on any atom is -0.502 e. The molecule has 0 spiro atoms. The van der Waals surface area contributed by atoms with E-state index in [1.807, 2.05) is 0 Å². The van der Waals surface area contributed by atoms with E-state index in [1.54, 1.807) is 0 Å². The third kappa shape index (κ3) is 5.53. The summed E-state index contributed by atoms with van der Waals surface area (Å²) in [6.45, 7) is 7.39. The third-order valence-corrected chi connectivity index (χ3v) is 1.41. The first-order valence-electron chi connectivity index (χ1n) is 3.82. The summed E-state index contributed by atoms with van der Waals surface area (Å²) in [5, 5.41) is 8.44. The molecule has 0 saturated carbocycles. The fourth-order valence-electron chi connectivity index (χ4n) is 0.714. The van der Waals surface area contributed by atoms with E-state index >= 15 is 0 Å². The van der Waals surface area contributed by atoms with E-state index in [4.69, 9.17) is 9.84 Å². The predicted molar refractivity (Wildman–Crippen MR) is 46.8 cm³/mol. The van der Waals surface area contributed by atoms with Crippen molar-refractivity contribution in [1.82, 2.24) is 0 Å². The molecule has 0 atom stereocenters. The summed E-state index contributed by atoms with van der Waals surface area (Å²) in [5.74, 6) is -0.917. The van der Waals surface area contributed by atoms with Gasteiger partial charge in [0.15, 0.2) is 0 Å². The van der Waals surface area contributed by atoms with E-state index in [9.17, 15) is 4.79 Å². The van der Waals surface area contributed by atoms with Gasteiger partial charge >= 0.3 is 5.97 Å². The normalized spacial score (nSPS) is 9.00. The molecule has 0 aromatic carbocycles. The van der Waals surface area contributed by atoms with Crippen LogP contribution in [0.4, 0.5) is 0 Å². The predicted octanol–water partition coefficient (Wildman–Crippen LogP) is 1.96. The van der Waals surface area contributed by atoms with Gasteiger partial charge in [0.1, 0.15) is 0 Å². The fraction of sp³-hybridized carbons (Fsp3) is 0.444. The molecule has 0 heterocycles. The molecular weight excluding hydrogens is 156 g/mol. The molecule has 0 aliphatic heterocycles. The van der Waals surface area contributed by atoms with Crippen LogP contribution in [0.15, 0.2) is 25.0 Å². The van der Waals surface area contributed by atoms with Crippen LogP contribution >= 0.6 is 0 Å². The van der Waals surface area contributed by atoms with E-state index in [0.29, 0.717) is 13.0 Å². The van der Waals surface area contributed by atoms with Gasteiger partial charge in [-0.1, -0.05) is 13.2 Å². The first-order valence-corrected chi connectivity index (χ1v) is 3.82. The lowest BCUT2D eigenvalue weighted by molar-refractivity contribution is -0.132. The molecule has 3 nitrogen and oxygen atoms in total. The van der Waals surface area contributed by atoms with Crippen molar-refractivity contribution in [2.24, 2.45) is 0 Å². The zero-order valence-electron chi connectivity index (χ0n) is 7.08. The Kier molecular flexibility index (Phi) is 5.79. The lowest BCUT2D eigenvalue weighted by Gasteiger charge is -2.00. The lowest BCUT2D eigenvalue weighted by atomic mass is 10.1. The highest BCUT2D eigenvalue weighted by Gasteiger charge is 2.02. The van der Waals surface area contributed by atoms with Gasteiger partial charge in [-0.2, -0.15) is 0 Å². The molecule has 0 saturated heterocycles. The van der Waals surface area contributed by atoms with Crippen molar-refractivity contribution in [1.29, 1.82) is 0 Å². The Morgan fingerprint density at radius 2 is 2.17 bits per heavy atom. The molecule has 0 unspecified atom stereocenters. The van der Waals surface area contributed by atoms with Gasteiger partial charge in [0.25, 0.3) is 0 Å². The molecule has 1 N–H and O–H groups in total. The molecule has 12 heavy (non-hydrogen) atoms. The second-order valence-corrected chi connectivity index (χ2v) is 2.40. The summed E-state index contributed by atoms with van der Waals surface area (Å²) in [4.78, 5) is 10.3. The van der Waals surface area contributed by atoms with Crippen LogP contribution < -0.4 is 0 Å². The summed E-state index contributed by atoms with van der Waals surface area (Å²) >= 11 is 0. The van der Waals surface area contributed by atoms with Crippen molar-refractivity contribution in [2.45, 2.75) is 19.3 Å². The molecule has 0 aliphatic rings. The average Bonchev–Trinajstić information content (AvgIpc) is 2.03. The molecule has 0 aliphatic carbocycles. The van der Waals surface area contributed by atoms with E-state index in [2.05, 4.69) is 13.2 Å². The molecule has 0 aromatic heterocycles. The quantitative estimate of drug-likeness (QED) is 0.361. The molecule has 0 rings (SSSR count). The highest BCUT2D eigenvalue weighted by Crippen LogP contribution is 2.04. The van der Waals surface area contributed by atoms with E-state index in [-0.39, 0.29) is 5.57 Å². The number of carboxylic acids is 1. The van der Waals surface area contributed by atoms with E-state index < -0.39 is 5.97 Å². The van der Waals surface area contributed by atoms with Gasteiger partial charge in [0, 0.05) is 5.57 Å². The zero-order valence-corrected chi connectivity index (χ0v) is 7.08. The van der Waals surface area contributed by atoms with Crippen molar-refractivity contribution in [3.05, 3.63) is 25.0 Å². The smallest absolute Gasteiger partial charge is 0.330 e. The highest BCUT2D eigenvalue weighted by molar-refractivity contribution is 5.85. The minimum absolute atomic E-state index is 0.258. The van der Waals surface area contributed by atoms with Gasteiger partial charge in [0.2, 0.25) is 0 Å². The van der Waals surface area contributed by atoms with Gasteiger partial charge in [0.05, 0.1) is 12.9 Å². The number of aliphatic carboxylic acids is 1. The van der Waals surface area contributed by atoms with Crippen LogP contribution in [0.3, 0.4) is 0 Å². The van der Waals surface area contributed by atoms with Crippen LogP contribution in [0, 0.1) is 0 Å². The Morgan fingerprint density at radius 1 is 1.50 bits per heavy atom. The standard InChI is InChI=1S/C9H14O3/c1-3-12-7-5-4-6-8(2)9(10)11/h3H,1-2,4-7H2,(H,10,11). The minimum atomic E-state index is -0.917. The van der Waals surface area contributed by atoms with Crippen LogP contribution in [-0.4, -0.2) is 17.7 Å². The van der Waals surface area contributed by atoms with Crippen molar-refractivity contribution >= 4 is 5.97 Å². The van der Waals surface area contributed by atoms with Crippen LogP contribution in [0.1, 0.15) is 19.3 Å². The first-order chi connectivity index (χ1) is 5.68. The maximum atomic E-state index is 10.3. The van der Waals surface area contributed by atoms with Gasteiger partial charge in [-0.3, -0.25) is 0 Å².